The number of nitriles is 2. The molecule has 1 aliphatic carbocycles. The third-order valence-electron chi connectivity index (χ3n) is 4.68. The van der Waals surface area contributed by atoms with Crippen molar-refractivity contribution in [2.45, 2.75) is 11.8 Å². The summed E-state index contributed by atoms with van der Waals surface area (Å²) < 4.78 is 10.8. The summed E-state index contributed by atoms with van der Waals surface area (Å²) in [6.45, 7) is 0. The molecule has 1 aromatic rings. The summed E-state index contributed by atoms with van der Waals surface area (Å²) in [5.41, 5.74) is 4.18. The normalized spacial score (nSPS) is 34.2. The molecule has 3 rings (SSSR count). The standard InChI is InChI=1S/C15H13ClN4O2/c1-21-15(22-2)14(8-18)11(9-3-5-10(16)6-4-9)13(14,7-17)12(19)20-15/h3-6,11H,1-2H3,(H2,19,20)/t11-,13+,14+/m1/s1. The molecule has 0 aromatic heterocycles. The van der Waals surface area contributed by atoms with Crippen LogP contribution in [0.1, 0.15) is 11.5 Å². The van der Waals surface area contributed by atoms with Crippen molar-refractivity contribution in [1.29, 1.82) is 10.5 Å². The highest BCUT2D eigenvalue weighted by Crippen LogP contribution is 2.81. The zero-order chi connectivity index (χ0) is 16.2. The number of amidine groups is 1. The number of fused-ring (bicyclic) bond motifs is 1. The van der Waals surface area contributed by atoms with E-state index in [1.165, 1.54) is 14.2 Å². The monoisotopic (exact) mass is 316 g/mol. The van der Waals surface area contributed by atoms with Crippen LogP contribution >= 0.6 is 11.6 Å². The predicted molar refractivity (Wildman–Crippen MR) is 78.7 cm³/mol. The first-order valence-corrected chi connectivity index (χ1v) is 6.91. The smallest absolute Gasteiger partial charge is 0.292 e. The molecule has 1 fully saturated rings. The highest BCUT2D eigenvalue weighted by Gasteiger charge is 2.93. The Kier molecular flexibility index (Phi) is 2.99. The maximum Gasteiger partial charge on any atom is 0.292 e. The largest absolute Gasteiger partial charge is 0.386 e. The van der Waals surface area contributed by atoms with Gasteiger partial charge in [-0.1, -0.05) is 23.7 Å². The molecule has 0 spiro atoms. The average Bonchev–Trinajstić information content (AvgIpc) is 3.11. The second-order valence-corrected chi connectivity index (χ2v) is 5.75. The predicted octanol–water partition coefficient (Wildman–Crippen LogP) is 1.77. The number of ether oxygens (including phenoxy) is 2. The average molecular weight is 317 g/mol. The minimum absolute atomic E-state index is 0.0557. The van der Waals surface area contributed by atoms with Gasteiger partial charge in [0.1, 0.15) is 11.3 Å². The Morgan fingerprint density at radius 3 is 2.23 bits per heavy atom. The molecule has 22 heavy (non-hydrogen) atoms. The van der Waals surface area contributed by atoms with Crippen molar-refractivity contribution in [3.63, 3.8) is 0 Å². The zero-order valence-electron chi connectivity index (χ0n) is 12.0. The summed E-state index contributed by atoms with van der Waals surface area (Å²) in [6.07, 6.45) is 0. The van der Waals surface area contributed by atoms with E-state index in [0.29, 0.717) is 5.02 Å². The quantitative estimate of drug-likeness (QED) is 0.856. The fourth-order valence-electron chi connectivity index (χ4n) is 3.68. The number of nitrogens with zero attached hydrogens (tertiary/aromatic N) is 3. The number of hydrogen-bond acceptors (Lipinski definition) is 6. The van der Waals surface area contributed by atoms with E-state index < -0.39 is 22.7 Å². The molecule has 0 amide bonds. The van der Waals surface area contributed by atoms with Crippen molar-refractivity contribution in [3.05, 3.63) is 34.9 Å². The van der Waals surface area contributed by atoms with E-state index in [1.807, 2.05) is 0 Å². The number of methoxy groups -OCH3 is 2. The van der Waals surface area contributed by atoms with Crippen molar-refractivity contribution in [3.8, 4) is 12.1 Å². The number of benzene rings is 1. The number of nitrogens with two attached hydrogens (primary N) is 1. The number of rotatable bonds is 3. The highest BCUT2D eigenvalue weighted by atomic mass is 35.5. The van der Waals surface area contributed by atoms with Gasteiger partial charge in [0.2, 0.25) is 0 Å². The van der Waals surface area contributed by atoms with Crippen LogP contribution in [0.2, 0.25) is 5.02 Å². The SMILES string of the molecule is COC1(OC)N=C(N)[C@]2(C#N)[C@@H](c3ccc(Cl)cc3)[C@]12C#N. The summed E-state index contributed by atoms with van der Waals surface area (Å²) in [7, 11) is 2.76. The first kappa shape index (κ1) is 14.8. The Morgan fingerprint density at radius 2 is 1.77 bits per heavy atom. The summed E-state index contributed by atoms with van der Waals surface area (Å²) >= 11 is 5.91. The lowest BCUT2D eigenvalue weighted by Gasteiger charge is -2.29. The van der Waals surface area contributed by atoms with Gasteiger partial charge in [0.15, 0.2) is 5.41 Å². The third-order valence-corrected chi connectivity index (χ3v) is 4.94. The molecular formula is C15H13ClN4O2. The lowest BCUT2D eigenvalue weighted by molar-refractivity contribution is -0.230. The molecule has 1 aliphatic heterocycles. The second kappa shape index (κ2) is 4.44. The van der Waals surface area contributed by atoms with Gasteiger partial charge in [0.05, 0.1) is 12.1 Å². The van der Waals surface area contributed by atoms with Crippen LogP contribution in [0.25, 0.3) is 0 Å². The first-order chi connectivity index (χ1) is 10.5. The van der Waals surface area contributed by atoms with Crippen LogP contribution in [0.5, 0.6) is 0 Å². The fourth-order valence-corrected chi connectivity index (χ4v) is 3.80. The molecule has 6 nitrogen and oxygen atoms in total. The molecule has 1 heterocycles. The molecule has 7 heteroatoms. The van der Waals surface area contributed by atoms with Crippen molar-refractivity contribution in [1.82, 2.24) is 0 Å². The summed E-state index contributed by atoms with van der Waals surface area (Å²) in [4.78, 5) is 4.15. The van der Waals surface area contributed by atoms with Gasteiger partial charge in [-0.15, -0.1) is 0 Å². The summed E-state index contributed by atoms with van der Waals surface area (Å²) in [5.74, 6) is -2.03. The van der Waals surface area contributed by atoms with Crippen LogP contribution in [-0.4, -0.2) is 26.0 Å². The summed E-state index contributed by atoms with van der Waals surface area (Å²) in [5, 5.41) is 20.2. The molecular weight excluding hydrogens is 304 g/mol. The van der Waals surface area contributed by atoms with E-state index in [2.05, 4.69) is 17.1 Å². The maximum atomic E-state index is 9.85. The van der Waals surface area contributed by atoms with Gasteiger partial charge < -0.3 is 15.2 Å². The molecule has 0 saturated heterocycles. The van der Waals surface area contributed by atoms with Crippen LogP contribution in [0.15, 0.2) is 29.3 Å². The molecule has 112 valence electrons. The minimum atomic E-state index is -1.59. The van der Waals surface area contributed by atoms with Gasteiger partial charge in [0.25, 0.3) is 5.91 Å². The van der Waals surface area contributed by atoms with Crippen molar-refractivity contribution >= 4 is 17.4 Å². The zero-order valence-corrected chi connectivity index (χ0v) is 12.8. The van der Waals surface area contributed by atoms with Crippen LogP contribution in [0.3, 0.4) is 0 Å². The van der Waals surface area contributed by atoms with Crippen molar-refractivity contribution in [2.75, 3.05) is 14.2 Å². The fraction of sp³-hybridized carbons (Fsp3) is 0.400. The maximum absolute atomic E-state index is 9.85. The van der Waals surface area contributed by atoms with Gasteiger partial charge in [-0.3, -0.25) is 0 Å². The van der Waals surface area contributed by atoms with Gasteiger partial charge in [-0.25, -0.2) is 4.99 Å². The Bertz CT molecular complexity index is 744. The molecule has 1 aromatic carbocycles. The molecule has 0 radical (unpaired) electrons. The Labute approximate surface area is 132 Å². The van der Waals surface area contributed by atoms with E-state index in [9.17, 15) is 10.5 Å². The van der Waals surface area contributed by atoms with Crippen LogP contribution in [0, 0.1) is 33.5 Å². The van der Waals surface area contributed by atoms with E-state index in [4.69, 9.17) is 26.8 Å². The van der Waals surface area contributed by atoms with Gasteiger partial charge >= 0.3 is 0 Å². The molecule has 3 atom stereocenters. The molecule has 2 aliphatic rings. The topological polar surface area (TPSA) is 104 Å². The highest BCUT2D eigenvalue weighted by molar-refractivity contribution is 6.30. The first-order valence-electron chi connectivity index (χ1n) is 6.53. The van der Waals surface area contributed by atoms with E-state index >= 15 is 0 Å². The Morgan fingerprint density at radius 1 is 1.18 bits per heavy atom. The van der Waals surface area contributed by atoms with E-state index in [1.54, 1.807) is 24.3 Å². The Balaban J connectivity index is 2.23. The van der Waals surface area contributed by atoms with Crippen LogP contribution in [-0.2, 0) is 9.47 Å². The number of halogens is 1. The van der Waals surface area contributed by atoms with Crippen LogP contribution in [0.4, 0.5) is 0 Å². The summed E-state index contributed by atoms with van der Waals surface area (Å²) in [6, 6.07) is 11.3. The minimum Gasteiger partial charge on any atom is -0.386 e. The van der Waals surface area contributed by atoms with E-state index in [-0.39, 0.29) is 5.84 Å². The second-order valence-electron chi connectivity index (χ2n) is 5.31. The molecule has 2 N–H and O–H groups in total. The van der Waals surface area contributed by atoms with Crippen molar-refractivity contribution < 1.29 is 9.47 Å². The van der Waals surface area contributed by atoms with Gasteiger partial charge in [-0.2, -0.15) is 10.5 Å². The molecule has 0 unspecified atom stereocenters. The van der Waals surface area contributed by atoms with Crippen molar-refractivity contribution in [2.24, 2.45) is 21.6 Å². The van der Waals surface area contributed by atoms with E-state index in [0.717, 1.165) is 5.56 Å². The van der Waals surface area contributed by atoms with Gasteiger partial charge in [-0.05, 0) is 17.7 Å². The van der Waals surface area contributed by atoms with Gasteiger partial charge in [0, 0.05) is 25.2 Å². The lowest BCUT2D eigenvalue weighted by atomic mass is 9.93. The third kappa shape index (κ3) is 1.29. The molecule has 0 bridgehead atoms. The number of aliphatic imine (C=N–C) groups is 1. The lowest BCUT2D eigenvalue weighted by Crippen LogP contribution is -2.41. The Hall–Kier alpha value is -2.12. The number of hydrogen-bond donors (Lipinski definition) is 1. The molecule has 1 saturated carbocycles. The van der Waals surface area contributed by atoms with Crippen LogP contribution < -0.4 is 5.73 Å².